The summed E-state index contributed by atoms with van der Waals surface area (Å²) in [7, 11) is 0. The number of fused-ring (bicyclic) bond motifs is 1. The third-order valence-corrected chi connectivity index (χ3v) is 6.69. The lowest BCUT2D eigenvalue weighted by Gasteiger charge is -2.13. The van der Waals surface area contributed by atoms with Crippen molar-refractivity contribution in [2.75, 3.05) is 17.6 Å². The van der Waals surface area contributed by atoms with Crippen LogP contribution in [-0.4, -0.2) is 28.7 Å². The molecule has 5 nitrogen and oxygen atoms in total. The number of halogens is 3. The summed E-state index contributed by atoms with van der Waals surface area (Å²) in [6, 6.07) is 19.9. The maximum atomic E-state index is 13.2. The average Bonchev–Trinajstić information content (AvgIpc) is 3.20. The molecule has 0 saturated carbocycles. The second kappa shape index (κ2) is 10.9. The Hall–Kier alpha value is -3.72. The number of hydrogen-bond donors (Lipinski definition) is 2. The van der Waals surface area contributed by atoms with E-state index in [1.807, 2.05) is 60.2 Å². The molecule has 1 heterocycles. The Morgan fingerprint density at radius 2 is 1.64 bits per heavy atom. The lowest BCUT2D eigenvalue weighted by molar-refractivity contribution is -0.137. The molecule has 36 heavy (non-hydrogen) atoms. The molecule has 4 aromatic rings. The summed E-state index contributed by atoms with van der Waals surface area (Å²) in [6.07, 6.45) is -2.66. The monoisotopic (exact) mass is 511 g/mol. The van der Waals surface area contributed by atoms with E-state index in [1.54, 1.807) is 6.07 Å². The number of para-hydroxylation sites is 2. The number of alkyl halides is 3. The number of carbonyl (C=O) groups excluding carboxylic acids is 2. The van der Waals surface area contributed by atoms with Crippen molar-refractivity contribution in [3.05, 3.63) is 95.7 Å². The first-order valence-electron chi connectivity index (χ1n) is 11.2. The number of nitrogens with zero attached hydrogens (tertiary/aromatic N) is 1. The average molecular weight is 512 g/mol. The van der Waals surface area contributed by atoms with Gasteiger partial charge in [0.2, 0.25) is 5.91 Å². The van der Waals surface area contributed by atoms with E-state index in [4.69, 9.17) is 0 Å². The molecule has 0 aliphatic heterocycles. The minimum absolute atomic E-state index is 0.0514. The van der Waals surface area contributed by atoms with Crippen molar-refractivity contribution in [1.29, 1.82) is 0 Å². The molecule has 0 unspecified atom stereocenters. The standard InChI is InChI=1S/C27H24F3N3O2S/c1-18-8-2-3-9-19(18)26(35)31-14-15-33-16-24(20-10-4-7-13-23(20)33)36-17-25(34)32-22-12-6-5-11-21(22)27(28,29)30/h2-13,16H,14-15,17H2,1H3,(H,31,35)(H,32,34). The summed E-state index contributed by atoms with van der Waals surface area (Å²) in [4.78, 5) is 25.8. The predicted octanol–water partition coefficient (Wildman–Crippen LogP) is 6.13. The van der Waals surface area contributed by atoms with Gasteiger partial charge in [0.15, 0.2) is 0 Å². The van der Waals surface area contributed by atoms with Gasteiger partial charge >= 0.3 is 6.18 Å². The van der Waals surface area contributed by atoms with Gasteiger partial charge in [-0.3, -0.25) is 9.59 Å². The van der Waals surface area contributed by atoms with Crippen LogP contribution in [0.2, 0.25) is 0 Å². The van der Waals surface area contributed by atoms with Crippen LogP contribution in [0.4, 0.5) is 18.9 Å². The van der Waals surface area contributed by atoms with Crippen molar-refractivity contribution in [2.24, 2.45) is 0 Å². The van der Waals surface area contributed by atoms with Gasteiger partial charge in [-0.1, -0.05) is 48.5 Å². The van der Waals surface area contributed by atoms with Gasteiger partial charge in [0.1, 0.15) is 0 Å². The molecular formula is C27H24F3N3O2S. The maximum absolute atomic E-state index is 13.2. The third kappa shape index (κ3) is 5.91. The van der Waals surface area contributed by atoms with Crippen LogP contribution in [0.25, 0.3) is 10.9 Å². The molecule has 2 N–H and O–H groups in total. The highest BCUT2D eigenvalue weighted by molar-refractivity contribution is 8.00. The minimum Gasteiger partial charge on any atom is -0.350 e. The Labute approximate surface area is 210 Å². The molecule has 1 aromatic heterocycles. The minimum atomic E-state index is -4.56. The first kappa shape index (κ1) is 25.4. The van der Waals surface area contributed by atoms with Crippen LogP contribution in [0.15, 0.2) is 83.9 Å². The van der Waals surface area contributed by atoms with Crippen molar-refractivity contribution >= 4 is 40.2 Å². The molecule has 0 aliphatic rings. The molecule has 0 fully saturated rings. The van der Waals surface area contributed by atoms with Crippen molar-refractivity contribution < 1.29 is 22.8 Å². The number of rotatable bonds is 8. The zero-order valence-corrected chi connectivity index (χ0v) is 20.2. The van der Waals surface area contributed by atoms with E-state index in [0.717, 1.165) is 27.4 Å². The van der Waals surface area contributed by atoms with Gasteiger partial charge in [0.25, 0.3) is 5.91 Å². The fraction of sp³-hybridized carbons (Fsp3) is 0.185. The molecule has 0 aliphatic carbocycles. The highest BCUT2D eigenvalue weighted by Gasteiger charge is 2.33. The number of hydrogen-bond acceptors (Lipinski definition) is 3. The number of aromatic nitrogens is 1. The van der Waals surface area contributed by atoms with Gasteiger partial charge in [-0.25, -0.2) is 0 Å². The number of carbonyl (C=O) groups is 2. The van der Waals surface area contributed by atoms with E-state index in [1.165, 1.54) is 30.0 Å². The molecule has 0 saturated heterocycles. The molecule has 9 heteroatoms. The highest BCUT2D eigenvalue weighted by atomic mass is 32.2. The van der Waals surface area contributed by atoms with Crippen molar-refractivity contribution in [2.45, 2.75) is 24.5 Å². The van der Waals surface area contributed by atoms with Gasteiger partial charge < -0.3 is 15.2 Å². The summed E-state index contributed by atoms with van der Waals surface area (Å²) in [5.41, 5.74) is 1.32. The Balaban J connectivity index is 1.41. The first-order valence-corrected chi connectivity index (χ1v) is 12.2. The van der Waals surface area contributed by atoms with Gasteiger partial charge in [0, 0.05) is 40.6 Å². The Kier molecular flexibility index (Phi) is 7.69. The van der Waals surface area contributed by atoms with Gasteiger partial charge in [-0.2, -0.15) is 13.2 Å². The van der Waals surface area contributed by atoms with Crippen LogP contribution >= 0.6 is 11.8 Å². The first-order chi connectivity index (χ1) is 17.2. The second-order valence-corrected chi connectivity index (χ2v) is 9.17. The van der Waals surface area contributed by atoms with Crippen LogP contribution in [0, 0.1) is 6.92 Å². The summed E-state index contributed by atoms with van der Waals surface area (Å²) in [6.45, 7) is 2.81. The van der Waals surface area contributed by atoms with Crippen LogP contribution in [0.5, 0.6) is 0 Å². The van der Waals surface area contributed by atoms with Gasteiger partial charge in [-0.05, 0) is 36.8 Å². The topological polar surface area (TPSA) is 63.1 Å². The Morgan fingerprint density at radius 1 is 0.944 bits per heavy atom. The molecule has 0 spiro atoms. The Morgan fingerprint density at radius 3 is 2.42 bits per heavy atom. The number of amides is 2. The summed E-state index contributed by atoms with van der Waals surface area (Å²) in [5, 5.41) is 6.24. The van der Waals surface area contributed by atoms with E-state index < -0.39 is 17.6 Å². The van der Waals surface area contributed by atoms with Crippen molar-refractivity contribution in [1.82, 2.24) is 9.88 Å². The molecule has 0 radical (unpaired) electrons. The second-order valence-electron chi connectivity index (χ2n) is 8.15. The smallest absolute Gasteiger partial charge is 0.350 e. The largest absolute Gasteiger partial charge is 0.418 e. The van der Waals surface area contributed by atoms with E-state index in [2.05, 4.69) is 10.6 Å². The van der Waals surface area contributed by atoms with Crippen LogP contribution < -0.4 is 10.6 Å². The zero-order chi connectivity index (χ0) is 25.7. The number of thioether (sulfide) groups is 1. The molecule has 2 amide bonds. The van der Waals surface area contributed by atoms with E-state index in [0.29, 0.717) is 18.7 Å². The summed E-state index contributed by atoms with van der Waals surface area (Å²) >= 11 is 1.25. The molecule has 0 bridgehead atoms. The Bertz CT molecular complexity index is 1400. The number of nitrogens with one attached hydrogen (secondary N) is 2. The van der Waals surface area contributed by atoms with E-state index in [9.17, 15) is 22.8 Å². The van der Waals surface area contributed by atoms with Gasteiger partial charge in [0.05, 0.1) is 17.0 Å². The summed E-state index contributed by atoms with van der Waals surface area (Å²) in [5.74, 6) is -0.724. The SMILES string of the molecule is Cc1ccccc1C(=O)NCCn1cc(SCC(=O)Nc2ccccc2C(F)(F)F)c2ccccc21. The molecule has 186 valence electrons. The van der Waals surface area contributed by atoms with E-state index in [-0.39, 0.29) is 17.3 Å². The quantitative estimate of drug-likeness (QED) is 0.280. The van der Waals surface area contributed by atoms with Crippen molar-refractivity contribution in [3.8, 4) is 0 Å². The van der Waals surface area contributed by atoms with Crippen LogP contribution in [-0.2, 0) is 17.5 Å². The molecule has 4 rings (SSSR count). The lowest BCUT2D eigenvalue weighted by atomic mass is 10.1. The van der Waals surface area contributed by atoms with Crippen molar-refractivity contribution in [3.63, 3.8) is 0 Å². The fourth-order valence-corrected chi connectivity index (χ4v) is 4.78. The predicted molar refractivity (Wildman–Crippen MR) is 136 cm³/mol. The molecular weight excluding hydrogens is 487 g/mol. The van der Waals surface area contributed by atoms with Crippen LogP contribution in [0.1, 0.15) is 21.5 Å². The summed E-state index contributed by atoms with van der Waals surface area (Å²) < 4.78 is 41.6. The number of benzene rings is 3. The van der Waals surface area contributed by atoms with Crippen LogP contribution in [0.3, 0.4) is 0 Å². The highest BCUT2D eigenvalue weighted by Crippen LogP contribution is 2.35. The zero-order valence-electron chi connectivity index (χ0n) is 19.4. The van der Waals surface area contributed by atoms with E-state index >= 15 is 0 Å². The number of anilines is 1. The fourth-order valence-electron chi connectivity index (χ4n) is 3.89. The third-order valence-electron chi connectivity index (χ3n) is 5.65. The molecule has 3 aromatic carbocycles. The maximum Gasteiger partial charge on any atom is 0.418 e. The molecule has 0 atom stereocenters. The van der Waals surface area contributed by atoms with Gasteiger partial charge in [-0.15, -0.1) is 11.8 Å². The number of aryl methyl sites for hydroxylation is 1. The normalized spacial score (nSPS) is 11.4. The lowest BCUT2D eigenvalue weighted by Crippen LogP contribution is -2.27.